The van der Waals surface area contributed by atoms with E-state index in [2.05, 4.69) is 27.7 Å². The van der Waals surface area contributed by atoms with Gasteiger partial charge in [0.25, 0.3) is 0 Å². The van der Waals surface area contributed by atoms with Crippen LogP contribution in [0.1, 0.15) is 5.56 Å². The van der Waals surface area contributed by atoms with Gasteiger partial charge in [-0.25, -0.2) is 0 Å². The number of aliphatic imine (C=N–C) groups is 1. The summed E-state index contributed by atoms with van der Waals surface area (Å²) in [5.41, 5.74) is 1.95. The molecule has 14 heavy (non-hydrogen) atoms. The van der Waals surface area contributed by atoms with Gasteiger partial charge in [-0.05, 0) is 36.3 Å². The molecule has 4 heteroatoms. The van der Waals surface area contributed by atoms with Gasteiger partial charge in [0, 0.05) is 6.54 Å². The van der Waals surface area contributed by atoms with Gasteiger partial charge >= 0.3 is 0 Å². The third-order valence-electron chi connectivity index (χ3n) is 1.75. The van der Waals surface area contributed by atoms with Gasteiger partial charge in [-0.2, -0.15) is 4.99 Å². The van der Waals surface area contributed by atoms with Crippen LogP contribution in [0.2, 0.25) is 0 Å². The van der Waals surface area contributed by atoms with Crippen molar-refractivity contribution in [3.8, 4) is 0 Å². The molecule has 3 nitrogen and oxygen atoms in total. The largest absolute Gasteiger partial charge is 0.358 e. The average molecular weight is 206 g/mol. The van der Waals surface area contributed by atoms with Crippen LogP contribution in [0.15, 0.2) is 29.3 Å². The van der Waals surface area contributed by atoms with E-state index in [1.54, 1.807) is 0 Å². The van der Waals surface area contributed by atoms with Crippen LogP contribution in [0.4, 0.5) is 5.69 Å². The Hall–Kier alpha value is -1.51. The molecule has 0 unspecified atom stereocenters. The van der Waals surface area contributed by atoms with E-state index in [0.717, 1.165) is 17.7 Å². The van der Waals surface area contributed by atoms with Crippen molar-refractivity contribution in [3.05, 3.63) is 29.8 Å². The van der Waals surface area contributed by atoms with Crippen molar-refractivity contribution in [3.63, 3.8) is 0 Å². The van der Waals surface area contributed by atoms with Crippen LogP contribution < -0.4 is 5.32 Å². The predicted octanol–water partition coefficient (Wildman–Crippen LogP) is 1.71. The number of benzene rings is 1. The van der Waals surface area contributed by atoms with E-state index in [1.165, 1.54) is 0 Å². The highest BCUT2D eigenvalue weighted by Gasteiger charge is 1.92. The molecule has 0 spiro atoms. The summed E-state index contributed by atoms with van der Waals surface area (Å²) in [5, 5.41) is 4.91. The van der Waals surface area contributed by atoms with Crippen LogP contribution in [0.25, 0.3) is 0 Å². The first-order valence-corrected chi connectivity index (χ1v) is 4.61. The van der Waals surface area contributed by atoms with Crippen LogP contribution in [0, 0.1) is 0 Å². The highest BCUT2D eigenvalue weighted by atomic mass is 32.1. The number of rotatable bonds is 5. The van der Waals surface area contributed by atoms with Crippen molar-refractivity contribution in [1.29, 1.82) is 0 Å². The number of thiocarbonyl (C=S) groups is 1. The fourth-order valence-corrected chi connectivity index (χ4v) is 1.17. The van der Waals surface area contributed by atoms with Crippen LogP contribution in [0.3, 0.4) is 0 Å². The van der Waals surface area contributed by atoms with Gasteiger partial charge in [0.2, 0.25) is 6.41 Å². The number of hydrogen-bond donors (Lipinski definition) is 1. The van der Waals surface area contributed by atoms with Crippen molar-refractivity contribution in [2.45, 2.75) is 6.42 Å². The molecule has 1 aromatic carbocycles. The summed E-state index contributed by atoms with van der Waals surface area (Å²) >= 11 is 4.49. The first kappa shape index (κ1) is 10.6. The van der Waals surface area contributed by atoms with Crippen molar-refractivity contribution in [2.75, 3.05) is 6.54 Å². The van der Waals surface area contributed by atoms with Crippen LogP contribution in [-0.2, 0) is 11.2 Å². The molecule has 1 amide bonds. The quantitative estimate of drug-likeness (QED) is 0.345. The summed E-state index contributed by atoms with van der Waals surface area (Å²) < 4.78 is 0. The van der Waals surface area contributed by atoms with Gasteiger partial charge in [0.1, 0.15) is 0 Å². The summed E-state index contributed by atoms with van der Waals surface area (Å²) in [7, 11) is 0. The first-order valence-electron chi connectivity index (χ1n) is 4.20. The molecule has 0 saturated heterocycles. The van der Waals surface area contributed by atoms with E-state index in [1.807, 2.05) is 24.3 Å². The second kappa shape index (κ2) is 6.02. The third-order valence-corrected chi connectivity index (χ3v) is 1.84. The fraction of sp³-hybridized carbons (Fsp3) is 0.200. The Bertz CT molecular complexity index is 342. The monoisotopic (exact) mass is 206 g/mol. The maximum atomic E-state index is 9.99. The van der Waals surface area contributed by atoms with E-state index < -0.39 is 0 Å². The molecule has 0 saturated carbocycles. The van der Waals surface area contributed by atoms with E-state index >= 15 is 0 Å². The zero-order valence-corrected chi connectivity index (χ0v) is 8.38. The molecule has 72 valence electrons. The number of carbonyl (C=O) groups excluding carboxylic acids is 1. The molecule has 1 rings (SSSR count). The summed E-state index contributed by atoms with van der Waals surface area (Å²) in [6.07, 6.45) is 1.52. The Balaban J connectivity index is 2.54. The van der Waals surface area contributed by atoms with Gasteiger partial charge in [-0.1, -0.05) is 12.1 Å². The van der Waals surface area contributed by atoms with Crippen molar-refractivity contribution >= 4 is 29.5 Å². The first-order chi connectivity index (χ1) is 6.86. The molecule has 0 aliphatic carbocycles. The summed E-state index contributed by atoms with van der Waals surface area (Å²) in [6.45, 7) is 0.652. The Morgan fingerprint density at radius 2 is 2.14 bits per heavy atom. The predicted molar refractivity (Wildman–Crippen MR) is 58.9 cm³/mol. The van der Waals surface area contributed by atoms with Gasteiger partial charge < -0.3 is 5.32 Å². The average Bonchev–Trinajstić information content (AvgIpc) is 2.21. The molecule has 0 fully saturated rings. The Kier molecular flexibility index (Phi) is 4.55. The zero-order chi connectivity index (χ0) is 10.2. The van der Waals surface area contributed by atoms with Gasteiger partial charge in [0.05, 0.1) is 10.8 Å². The summed E-state index contributed by atoms with van der Waals surface area (Å²) in [5.74, 6) is 0. The molecule has 0 aliphatic heterocycles. The lowest BCUT2D eigenvalue weighted by atomic mass is 10.1. The number of hydrogen-bond acceptors (Lipinski definition) is 3. The molecular weight excluding hydrogens is 196 g/mol. The number of nitrogens with one attached hydrogen (secondary N) is 1. The highest BCUT2D eigenvalue weighted by molar-refractivity contribution is 7.78. The van der Waals surface area contributed by atoms with Gasteiger partial charge in [-0.3, -0.25) is 4.79 Å². The lowest BCUT2D eigenvalue weighted by Crippen LogP contribution is -2.14. The van der Waals surface area contributed by atoms with Crippen LogP contribution in [0.5, 0.6) is 0 Å². The number of carbonyl (C=O) groups is 1. The Morgan fingerprint density at radius 3 is 2.71 bits per heavy atom. The van der Waals surface area contributed by atoms with Crippen LogP contribution in [-0.4, -0.2) is 18.1 Å². The second-order valence-corrected chi connectivity index (χ2v) is 2.87. The van der Waals surface area contributed by atoms with E-state index in [9.17, 15) is 4.79 Å². The van der Waals surface area contributed by atoms with Gasteiger partial charge in [0.15, 0.2) is 0 Å². The Labute approximate surface area is 87.9 Å². The van der Waals surface area contributed by atoms with Crippen molar-refractivity contribution in [1.82, 2.24) is 5.32 Å². The minimum absolute atomic E-state index is 0.652. The van der Waals surface area contributed by atoms with Gasteiger partial charge in [-0.15, -0.1) is 0 Å². The Morgan fingerprint density at radius 1 is 1.43 bits per heavy atom. The topological polar surface area (TPSA) is 41.5 Å². The minimum Gasteiger partial charge on any atom is -0.358 e. The molecule has 1 aromatic rings. The number of nitrogens with zero attached hydrogens (tertiary/aromatic N) is 1. The maximum absolute atomic E-state index is 9.99. The summed E-state index contributed by atoms with van der Waals surface area (Å²) in [4.78, 5) is 13.8. The normalized spacial score (nSPS) is 8.86. The minimum atomic E-state index is 0.652. The lowest BCUT2D eigenvalue weighted by molar-refractivity contribution is -0.109. The SMILES string of the molecule is O=CNCCc1ccc(N=C=S)cc1. The zero-order valence-electron chi connectivity index (χ0n) is 7.56. The molecule has 0 atom stereocenters. The van der Waals surface area contributed by atoms with E-state index in [4.69, 9.17) is 0 Å². The molecule has 0 aliphatic rings. The van der Waals surface area contributed by atoms with E-state index in [0.29, 0.717) is 13.0 Å². The highest BCUT2D eigenvalue weighted by Crippen LogP contribution is 2.12. The van der Waals surface area contributed by atoms with Crippen molar-refractivity contribution < 1.29 is 4.79 Å². The smallest absolute Gasteiger partial charge is 0.207 e. The fourth-order valence-electron chi connectivity index (χ4n) is 1.07. The number of amides is 1. The lowest BCUT2D eigenvalue weighted by Gasteiger charge is -2.00. The number of isothiocyanates is 1. The standard InChI is InChI=1S/C10H10N2OS/c13-7-11-6-5-9-1-3-10(4-2-9)12-8-14/h1-4,7H,5-6H2,(H,11,13). The molecule has 0 heterocycles. The summed E-state index contributed by atoms with van der Waals surface area (Å²) in [6, 6.07) is 7.65. The second-order valence-electron chi connectivity index (χ2n) is 2.69. The molecule has 1 N–H and O–H groups in total. The van der Waals surface area contributed by atoms with Crippen molar-refractivity contribution in [2.24, 2.45) is 4.99 Å². The third kappa shape index (κ3) is 3.47. The molecular formula is C10H10N2OS. The molecule has 0 bridgehead atoms. The molecule has 0 radical (unpaired) electrons. The molecule has 0 aromatic heterocycles. The van der Waals surface area contributed by atoms with E-state index in [-0.39, 0.29) is 0 Å². The van der Waals surface area contributed by atoms with Crippen LogP contribution >= 0.6 is 12.2 Å². The maximum Gasteiger partial charge on any atom is 0.207 e.